The summed E-state index contributed by atoms with van der Waals surface area (Å²) in [6, 6.07) is 10.4. The van der Waals surface area contributed by atoms with Crippen LogP contribution in [0.1, 0.15) is 12.5 Å². The van der Waals surface area contributed by atoms with Crippen LogP contribution < -0.4 is 11.1 Å². The summed E-state index contributed by atoms with van der Waals surface area (Å²) >= 11 is 0. The van der Waals surface area contributed by atoms with Gasteiger partial charge in [-0.2, -0.15) is 0 Å². The molecule has 0 amide bonds. The SMILES string of the molecule is CCc1ccc(Nc2nc(N)ccc2[N+](=O)[O-])cc1. The average molecular weight is 258 g/mol. The first-order valence-corrected chi connectivity index (χ1v) is 5.87. The third kappa shape index (κ3) is 2.98. The van der Waals surface area contributed by atoms with E-state index in [0.717, 1.165) is 12.1 Å². The summed E-state index contributed by atoms with van der Waals surface area (Å²) in [4.78, 5) is 14.4. The Morgan fingerprint density at radius 1 is 1.26 bits per heavy atom. The molecular formula is C13H14N4O2. The molecule has 0 spiro atoms. The molecule has 0 radical (unpaired) electrons. The molecule has 6 nitrogen and oxygen atoms in total. The van der Waals surface area contributed by atoms with Crippen LogP contribution >= 0.6 is 0 Å². The Kier molecular flexibility index (Phi) is 3.61. The topological polar surface area (TPSA) is 94.1 Å². The minimum atomic E-state index is -0.491. The number of hydrogen-bond acceptors (Lipinski definition) is 5. The van der Waals surface area contributed by atoms with Crippen molar-refractivity contribution in [1.29, 1.82) is 0 Å². The fourth-order valence-corrected chi connectivity index (χ4v) is 1.67. The lowest BCUT2D eigenvalue weighted by atomic mass is 10.1. The second kappa shape index (κ2) is 5.34. The summed E-state index contributed by atoms with van der Waals surface area (Å²) in [6.45, 7) is 2.06. The highest BCUT2D eigenvalue weighted by Gasteiger charge is 2.15. The molecule has 1 aromatic carbocycles. The van der Waals surface area contributed by atoms with Gasteiger partial charge in [-0.1, -0.05) is 19.1 Å². The number of nitrogens with one attached hydrogen (secondary N) is 1. The number of anilines is 3. The van der Waals surface area contributed by atoms with E-state index in [4.69, 9.17) is 5.73 Å². The van der Waals surface area contributed by atoms with Crippen LogP contribution in [0, 0.1) is 10.1 Å². The molecule has 19 heavy (non-hydrogen) atoms. The van der Waals surface area contributed by atoms with Gasteiger partial charge in [-0.15, -0.1) is 0 Å². The van der Waals surface area contributed by atoms with Gasteiger partial charge in [-0.05, 0) is 30.2 Å². The minimum absolute atomic E-state index is 0.103. The van der Waals surface area contributed by atoms with Gasteiger partial charge in [-0.25, -0.2) is 4.98 Å². The van der Waals surface area contributed by atoms with E-state index in [1.54, 1.807) is 0 Å². The summed E-state index contributed by atoms with van der Waals surface area (Å²) in [6.07, 6.45) is 0.941. The van der Waals surface area contributed by atoms with Gasteiger partial charge in [0.05, 0.1) is 4.92 Å². The minimum Gasteiger partial charge on any atom is -0.384 e. The molecular weight excluding hydrogens is 244 g/mol. The number of hydrogen-bond donors (Lipinski definition) is 2. The maximum Gasteiger partial charge on any atom is 0.311 e. The molecule has 6 heteroatoms. The van der Waals surface area contributed by atoms with E-state index in [0.29, 0.717) is 0 Å². The van der Waals surface area contributed by atoms with E-state index in [1.807, 2.05) is 24.3 Å². The van der Waals surface area contributed by atoms with E-state index in [1.165, 1.54) is 17.7 Å². The standard InChI is InChI=1S/C13H14N4O2/c1-2-9-3-5-10(6-4-9)15-13-11(17(18)19)7-8-12(14)16-13/h3-8H,2H2,1H3,(H3,14,15,16). The van der Waals surface area contributed by atoms with Crippen molar-refractivity contribution in [3.05, 3.63) is 52.1 Å². The first-order valence-electron chi connectivity index (χ1n) is 5.87. The Balaban J connectivity index is 2.31. The largest absolute Gasteiger partial charge is 0.384 e. The summed E-state index contributed by atoms with van der Waals surface area (Å²) in [5.41, 5.74) is 7.38. The highest BCUT2D eigenvalue weighted by molar-refractivity contribution is 5.67. The van der Waals surface area contributed by atoms with Gasteiger partial charge < -0.3 is 11.1 Å². The van der Waals surface area contributed by atoms with Gasteiger partial charge in [0.2, 0.25) is 5.82 Å². The molecule has 0 saturated carbocycles. The van der Waals surface area contributed by atoms with E-state index >= 15 is 0 Å². The van der Waals surface area contributed by atoms with E-state index in [2.05, 4.69) is 17.2 Å². The normalized spacial score (nSPS) is 10.2. The molecule has 0 bridgehead atoms. The second-order valence-corrected chi connectivity index (χ2v) is 4.04. The van der Waals surface area contributed by atoms with E-state index < -0.39 is 4.92 Å². The predicted octanol–water partition coefficient (Wildman–Crippen LogP) is 2.88. The van der Waals surface area contributed by atoms with Crippen LogP contribution in [0.15, 0.2) is 36.4 Å². The molecule has 0 aliphatic heterocycles. The molecule has 0 aliphatic rings. The number of nitrogen functional groups attached to an aromatic ring is 1. The second-order valence-electron chi connectivity index (χ2n) is 4.04. The summed E-state index contributed by atoms with van der Waals surface area (Å²) in [5, 5.41) is 13.8. The maximum atomic E-state index is 10.9. The first kappa shape index (κ1) is 12.8. The van der Waals surface area contributed by atoms with Crippen LogP contribution in [0.25, 0.3) is 0 Å². The molecule has 2 aromatic rings. The zero-order valence-corrected chi connectivity index (χ0v) is 10.5. The summed E-state index contributed by atoms with van der Waals surface area (Å²) in [7, 11) is 0. The highest BCUT2D eigenvalue weighted by atomic mass is 16.6. The monoisotopic (exact) mass is 258 g/mol. The molecule has 0 unspecified atom stereocenters. The van der Waals surface area contributed by atoms with Crippen LogP contribution in [0.4, 0.5) is 23.0 Å². The van der Waals surface area contributed by atoms with Gasteiger partial charge in [0.15, 0.2) is 0 Å². The fourth-order valence-electron chi connectivity index (χ4n) is 1.67. The smallest absolute Gasteiger partial charge is 0.311 e. The van der Waals surface area contributed by atoms with Crippen molar-refractivity contribution in [2.24, 2.45) is 0 Å². The molecule has 98 valence electrons. The summed E-state index contributed by atoms with van der Waals surface area (Å²) < 4.78 is 0. The lowest BCUT2D eigenvalue weighted by Crippen LogP contribution is -2.02. The molecule has 0 aliphatic carbocycles. The molecule has 1 aromatic heterocycles. The molecule has 3 N–H and O–H groups in total. The molecule has 0 fully saturated rings. The number of nitro groups is 1. The van der Waals surface area contributed by atoms with Crippen LogP contribution in [-0.4, -0.2) is 9.91 Å². The van der Waals surface area contributed by atoms with Crippen molar-refractivity contribution < 1.29 is 4.92 Å². The van der Waals surface area contributed by atoms with Gasteiger partial charge in [0, 0.05) is 11.8 Å². The van der Waals surface area contributed by atoms with Crippen molar-refractivity contribution in [3.8, 4) is 0 Å². The average Bonchev–Trinajstić information content (AvgIpc) is 2.39. The fraction of sp³-hybridized carbons (Fsp3) is 0.154. The van der Waals surface area contributed by atoms with Crippen molar-refractivity contribution in [2.45, 2.75) is 13.3 Å². The lowest BCUT2D eigenvalue weighted by Gasteiger charge is -2.07. The first-order chi connectivity index (χ1) is 9.10. The van der Waals surface area contributed by atoms with Gasteiger partial charge in [0.1, 0.15) is 5.82 Å². The zero-order chi connectivity index (χ0) is 13.8. The Bertz CT molecular complexity index is 596. The molecule has 0 saturated heterocycles. The molecule has 1 heterocycles. The van der Waals surface area contributed by atoms with Gasteiger partial charge in [0.25, 0.3) is 0 Å². The van der Waals surface area contributed by atoms with Crippen LogP contribution in [0.3, 0.4) is 0 Å². The van der Waals surface area contributed by atoms with Crippen molar-refractivity contribution in [1.82, 2.24) is 4.98 Å². The van der Waals surface area contributed by atoms with Crippen LogP contribution in [-0.2, 0) is 6.42 Å². The van der Waals surface area contributed by atoms with Crippen LogP contribution in [0.2, 0.25) is 0 Å². The zero-order valence-electron chi connectivity index (χ0n) is 10.5. The summed E-state index contributed by atoms with van der Waals surface area (Å²) in [5.74, 6) is 0.382. The lowest BCUT2D eigenvalue weighted by molar-refractivity contribution is -0.384. The number of benzene rings is 1. The Hall–Kier alpha value is -2.63. The third-order valence-electron chi connectivity index (χ3n) is 2.72. The number of aromatic nitrogens is 1. The van der Waals surface area contributed by atoms with Gasteiger partial charge in [-0.3, -0.25) is 10.1 Å². The molecule has 2 rings (SSSR count). The van der Waals surface area contributed by atoms with Crippen LogP contribution in [0.5, 0.6) is 0 Å². The number of nitrogens with zero attached hydrogens (tertiary/aromatic N) is 2. The number of nitrogens with two attached hydrogens (primary N) is 1. The van der Waals surface area contributed by atoms with E-state index in [9.17, 15) is 10.1 Å². The number of pyridine rings is 1. The Morgan fingerprint density at radius 3 is 2.53 bits per heavy atom. The highest BCUT2D eigenvalue weighted by Crippen LogP contribution is 2.26. The Morgan fingerprint density at radius 2 is 1.95 bits per heavy atom. The number of aryl methyl sites for hydroxylation is 1. The molecule has 0 atom stereocenters. The third-order valence-corrected chi connectivity index (χ3v) is 2.72. The van der Waals surface area contributed by atoms with Crippen molar-refractivity contribution in [3.63, 3.8) is 0 Å². The predicted molar refractivity (Wildman–Crippen MR) is 74.4 cm³/mol. The number of rotatable bonds is 4. The quantitative estimate of drug-likeness (QED) is 0.649. The maximum absolute atomic E-state index is 10.9. The Labute approximate surface area is 110 Å². The van der Waals surface area contributed by atoms with Gasteiger partial charge >= 0.3 is 5.69 Å². The van der Waals surface area contributed by atoms with E-state index in [-0.39, 0.29) is 17.3 Å². The van der Waals surface area contributed by atoms with Crippen molar-refractivity contribution >= 4 is 23.0 Å². The van der Waals surface area contributed by atoms with Crippen molar-refractivity contribution in [2.75, 3.05) is 11.1 Å².